The molecule has 0 fully saturated rings. The Balaban J connectivity index is 1.96. The summed E-state index contributed by atoms with van der Waals surface area (Å²) < 4.78 is 7.40. The average Bonchev–Trinajstić information content (AvgIpc) is 2.86. The van der Waals surface area contributed by atoms with Crippen molar-refractivity contribution in [3.05, 3.63) is 48.5 Å². The van der Waals surface area contributed by atoms with E-state index in [0.29, 0.717) is 0 Å². The average molecular weight is 281 g/mol. The highest BCUT2D eigenvalue weighted by atomic mass is 16.5. The molecular formula is C17H19N3O. The normalized spacial score (nSPS) is 10.8. The fourth-order valence-electron chi connectivity index (χ4n) is 2.42. The number of benzene rings is 2. The van der Waals surface area contributed by atoms with Crippen LogP contribution in [0.4, 0.5) is 11.6 Å². The highest BCUT2D eigenvalue weighted by molar-refractivity contribution is 5.79. The number of fused-ring (bicyclic) bond motifs is 1. The van der Waals surface area contributed by atoms with E-state index in [1.807, 2.05) is 42.5 Å². The molecule has 0 amide bonds. The van der Waals surface area contributed by atoms with Crippen molar-refractivity contribution >= 4 is 22.7 Å². The number of hydrogen-bond donors (Lipinski definition) is 1. The number of ether oxygens (including phenoxy) is 1. The molecule has 0 saturated carbocycles. The molecule has 3 aromatic rings. The van der Waals surface area contributed by atoms with Crippen molar-refractivity contribution in [1.29, 1.82) is 0 Å². The van der Waals surface area contributed by atoms with Crippen molar-refractivity contribution in [3.8, 4) is 5.75 Å². The second-order valence-corrected chi connectivity index (χ2v) is 4.93. The van der Waals surface area contributed by atoms with Crippen molar-refractivity contribution in [1.82, 2.24) is 9.55 Å². The van der Waals surface area contributed by atoms with Crippen molar-refractivity contribution in [3.63, 3.8) is 0 Å². The van der Waals surface area contributed by atoms with E-state index >= 15 is 0 Å². The summed E-state index contributed by atoms with van der Waals surface area (Å²) >= 11 is 0. The molecule has 0 aliphatic heterocycles. The lowest BCUT2D eigenvalue weighted by molar-refractivity contribution is 0.415. The van der Waals surface area contributed by atoms with Crippen molar-refractivity contribution in [2.45, 2.75) is 19.9 Å². The minimum atomic E-state index is 0.850. The number of rotatable bonds is 5. The Hall–Kier alpha value is -2.49. The first-order chi connectivity index (χ1) is 10.3. The van der Waals surface area contributed by atoms with Gasteiger partial charge in [0, 0.05) is 12.2 Å². The van der Waals surface area contributed by atoms with Gasteiger partial charge in [0.25, 0.3) is 0 Å². The van der Waals surface area contributed by atoms with E-state index in [4.69, 9.17) is 4.74 Å². The molecule has 3 rings (SSSR count). The van der Waals surface area contributed by atoms with Crippen LogP contribution in [0.25, 0.3) is 11.0 Å². The zero-order valence-electron chi connectivity index (χ0n) is 12.3. The summed E-state index contributed by atoms with van der Waals surface area (Å²) in [7, 11) is 1.67. The molecule has 0 aliphatic rings. The second-order valence-electron chi connectivity index (χ2n) is 4.93. The van der Waals surface area contributed by atoms with Crippen LogP contribution in [0.15, 0.2) is 48.5 Å². The van der Waals surface area contributed by atoms with E-state index in [9.17, 15) is 0 Å². The second kappa shape index (κ2) is 5.87. The van der Waals surface area contributed by atoms with Gasteiger partial charge in [0.15, 0.2) is 0 Å². The van der Waals surface area contributed by atoms with E-state index in [1.165, 1.54) is 0 Å². The van der Waals surface area contributed by atoms with E-state index in [-0.39, 0.29) is 0 Å². The number of nitrogens with zero attached hydrogens (tertiary/aromatic N) is 2. The van der Waals surface area contributed by atoms with E-state index in [1.54, 1.807) is 7.11 Å². The van der Waals surface area contributed by atoms with Crippen LogP contribution in [0, 0.1) is 0 Å². The first-order valence-electron chi connectivity index (χ1n) is 7.18. The molecule has 108 valence electrons. The number of nitrogens with one attached hydrogen (secondary N) is 1. The highest BCUT2D eigenvalue weighted by Gasteiger charge is 2.09. The third-order valence-electron chi connectivity index (χ3n) is 3.45. The smallest absolute Gasteiger partial charge is 0.208 e. The maximum Gasteiger partial charge on any atom is 0.208 e. The van der Waals surface area contributed by atoms with Crippen LogP contribution >= 0.6 is 0 Å². The van der Waals surface area contributed by atoms with Crippen LogP contribution < -0.4 is 10.1 Å². The number of aryl methyl sites for hydroxylation is 1. The number of aromatic nitrogens is 2. The van der Waals surface area contributed by atoms with Crippen molar-refractivity contribution in [2.24, 2.45) is 0 Å². The Morgan fingerprint density at radius 3 is 2.57 bits per heavy atom. The Morgan fingerprint density at radius 2 is 1.86 bits per heavy atom. The molecule has 0 unspecified atom stereocenters. The molecule has 1 N–H and O–H groups in total. The lowest BCUT2D eigenvalue weighted by Gasteiger charge is -2.10. The molecular weight excluding hydrogens is 262 g/mol. The molecule has 0 radical (unpaired) electrons. The molecule has 21 heavy (non-hydrogen) atoms. The Bertz CT molecular complexity index is 731. The number of imidazole rings is 1. The predicted octanol–water partition coefficient (Wildman–Crippen LogP) is 4.20. The maximum atomic E-state index is 5.18. The van der Waals surface area contributed by atoms with Crippen molar-refractivity contribution in [2.75, 3.05) is 12.4 Å². The van der Waals surface area contributed by atoms with Gasteiger partial charge in [-0.3, -0.25) is 0 Å². The minimum absolute atomic E-state index is 0.850. The van der Waals surface area contributed by atoms with Gasteiger partial charge in [-0.25, -0.2) is 4.98 Å². The van der Waals surface area contributed by atoms with Gasteiger partial charge in [-0.1, -0.05) is 19.1 Å². The minimum Gasteiger partial charge on any atom is -0.497 e. The quantitative estimate of drug-likeness (QED) is 0.762. The van der Waals surface area contributed by atoms with Gasteiger partial charge < -0.3 is 14.6 Å². The lowest BCUT2D eigenvalue weighted by atomic mass is 10.3. The number of anilines is 2. The van der Waals surface area contributed by atoms with E-state index < -0.39 is 0 Å². The topological polar surface area (TPSA) is 39.1 Å². The standard InChI is InChI=1S/C17H19N3O/c1-3-12-20-16-7-5-4-6-15(16)19-17(20)18-13-8-10-14(21-2)11-9-13/h4-11H,3,12H2,1-2H3,(H,18,19). The van der Waals surface area contributed by atoms with Gasteiger partial charge in [0.05, 0.1) is 18.1 Å². The van der Waals surface area contributed by atoms with Gasteiger partial charge in [-0.15, -0.1) is 0 Å². The molecule has 0 aliphatic carbocycles. The van der Waals surface area contributed by atoms with E-state index in [2.05, 4.69) is 27.9 Å². The molecule has 0 atom stereocenters. The Labute approximate surface area is 124 Å². The van der Waals surface area contributed by atoms with Crippen LogP contribution in [0.1, 0.15) is 13.3 Å². The third-order valence-corrected chi connectivity index (χ3v) is 3.45. The molecule has 1 aromatic heterocycles. The zero-order chi connectivity index (χ0) is 14.7. The van der Waals surface area contributed by atoms with Gasteiger partial charge in [0.1, 0.15) is 5.75 Å². The third kappa shape index (κ3) is 2.70. The number of methoxy groups -OCH3 is 1. The molecule has 1 heterocycles. The SMILES string of the molecule is CCCn1c(Nc2ccc(OC)cc2)nc2ccccc21. The predicted molar refractivity (Wildman–Crippen MR) is 86.3 cm³/mol. The zero-order valence-corrected chi connectivity index (χ0v) is 12.3. The van der Waals surface area contributed by atoms with Crippen LogP contribution in [-0.2, 0) is 6.54 Å². The van der Waals surface area contributed by atoms with Gasteiger partial charge in [-0.05, 0) is 42.8 Å². The molecule has 4 nitrogen and oxygen atoms in total. The van der Waals surface area contributed by atoms with Gasteiger partial charge in [0.2, 0.25) is 5.95 Å². The summed E-state index contributed by atoms with van der Waals surface area (Å²) in [6, 6.07) is 16.1. The molecule has 2 aromatic carbocycles. The largest absolute Gasteiger partial charge is 0.497 e. The molecule has 0 spiro atoms. The van der Waals surface area contributed by atoms with Crippen LogP contribution in [0.5, 0.6) is 5.75 Å². The fourth-order valence-corrected chi connectivity index (χ4v) is 2.42. The van der Waals surface area contributed by atoms with Crippen LogP contribution in [-0.4, -0.2) is 16.7 Å². The number of para-hydroxylation sites is 2. The molecule has 0 bridgehead atoms. The Morgan fingerprint density at radius 1 is 1.10 bits per heavy atom. The maximum absolute atomic E-state index is 5.18. The highest BCUT2D eigenvalue weighted by Crippen LogP contribution is 2.24. The van der Waals surface area contributed by atoms with Crippen molar-refractivity contribution < 1.29 is 4.74 Å². The summed E-state index contributed by atoms with van der Waals surface area (Å²) in [5.41, 5.74) is 3.18. The Kier molecular flexibility index (Phi) is 3.77. The fraction of sp³-hybridized carbons (Fsp3) is 0.235. The summed E-state index contributed by atoms with van der Waals surface area (Å²) in [6.07, 6.45) is 1.07. The van der Waals surface area contributed by atoms with Gasteiger partial charge >= 0.3 is 0 Å². The summed E-state index contributed by atoms with van der Waals surface area (Å²) in [5.74, 6) is 1.73. The number of hydrogen-bond acceptors (Lipinski definition) is 3. The van der Waals surface area contributed by atoms with Gasteiger partial charge in [-0.2, -0.15) is 0 Å². The monoisotopic (exact) mass is 281 g/mol. The molecule has 4 heteroatoms. The summed E-state index contributed by atoms with van der Waals surface area (Å²) in [6.45, 7) is 3.12. The summed E-state index contributed by atoms with van der Waals surface area (Å²) in [5, 5.41) is 3.39. The first-order valence-corrected chi connectivity index (χ1v) is 7.18. The molecule has 0 saturated heterocycles. The van der Waals surface area contributed by atoms with Crippen LogP contribution in [0.3, 0.4) is 0 Å². The van der Waals surface area contributed by atoms with Crippen LogP contribution in [0.2, 0.25) is 0 Å². The van der Waals surface area contributed by atoms with E-state index in [0.717, 1.165) is 41.4 Å². The first kappa shape index (κ1) is 13.5. The lowest BCUT2D eigenvalue weighted by Crippen LogP contribution is -2.03. The summed E-state index contributed by atoms with van der Waals surface area (Å²) in [4.78, 5) is 4.69.